The number of H-pyrrole nitrogens is 1. The smallest absolute Gasteiger partial charge is 0.292 e. The zero-order valence-electron chi connectivity index (χ0n) is 12.9. The average Bonchev–Trinajstić information content (AvgIpc) is 2.98. The van der Waals surface area contributed by atoms with E-state index in [1.807, 2.05) is 13.0 Å². The van der Waals surface area contributed by atoms with Crippen molar-refractivity contribution in [2.45, 2.75) is 20.4 Å². The number of fused-ring (bicyclic) bond motifs is 1. The molecule has 2 heterocycles. The summed E-state index contributed by atoms with van der Waals surface area (Å²) < 4.78 is 5.01. The Labute approximate surface area is 131 Å². The molecule has 0 fully saturated rings. The predicted molar refractivity (Wildman–Crippen MR) is 84.0 cm³/mol. The summed E-state index contributed by atoms with van der Waals surface area (Å²) >= 11 is 0. The Bertz CT molecular complexity index is 913. The van der Waals surface area contributed by atoms with Gasteiger partial charge in [0.05, 0.1) is 23.1 Å². The minimum atomic E-state index is -0.288. The van der Waals surface area contributed by atoms with E-state index < -0.39 is 0 Å². The molecule has 118 valence electrons. The van der Waals surface area contributed by atoms with Crippen LogP contribution in [0.2, 0.25) is 0 Å². The number of nitrogens with one attached hydrogen (secondary N) is 1. The lowest BCUT2D eigenvalue weighted by molar-refractivity contribution is 0.0706. The number of aryl methyl sites for hydroxylation is 1. The zero-order chi connectivity index (χ0) is 16.4. The van der Waals surface area contributed by atoms with E-state index in [9.17, 15) is 9.59 Å². The van der Waals surface area contributed by atoms with Crippen molar-refractivity contribution in [1.82, 2.24) is 20.0 Å². The molecule has 0 saturated carbocycles. The average molecular weight is 312 g/mol. The first-order valence-electron chi connectivity index (χ1n) is 7.29. The van der Waals surface area contributed by atoms with Crippen molar-refractivity contribution in [2.75, 3.05) is 6.54 Å². The van der Waals surface area contributed by atoms with Crippen LogP contribution in [0, 0.1) is 6.92 Å². The third-order valence-corrected chi connectivity index (χ3v) is 3.51. The van der Waals surface area contributed by atoms with Gasteiger partial charge in [0, 0.05) is 12.6 Å². The standard InChI is InChI=1S/C16H16N4O3/c1-3-20(16(22)13-8-10(2)19-23-13)9-14-17-12-7-5-4-6-11(12)15(21)18-14/h4-8H,3,9H2,1-2H3,(H,17,18,21). The van der Waals surface area contributed by atoms with Crippen LogP contribution in [0.3, 0.4) is 0 Å². The molecule has 7 nitrogen and oxygen atoms in total. The molecule has 1 amide bonds. The van der Waals surface area contributed by atoms with Gasteiger partial charge < -0.3 is 14.4 Å². The van der Waals surface area contributed by atoms with Crippen molar-refractivity contribution in [3.8, 4) is 0 Å². The Morgan fingerprint density at radius 2 is 2.13 bits per heavy atom. The maximum absolute atomic E-state index is 12.4. The molecule has 0 saturated heterocycles. The Morgan fingerprint density at radius 1 is 1.35 bits per heavy atom. The van der Waals surface area contributed by atoms with E-state index in [0.717, 1.165) is 0 Å². The highest BCUT2D eigenvalue weighted by atomic mass is 16.5. The number of rotatable bonds is 4. The Kier molecular flexibility index (Phi) is 3.92. The molecule has 23 heavy (non-hydrogen) atoms. The third kappa shape index (κ3) is 2.98. The third-order valence-electron chi connectivity index (χ3n) is 3.51. The number of aromatic nitrogens is 3. The highest BCUT2D eigenvalue weighted by Gasteiger charge is 2.20. The maximum atomic E-state index is 12.4. The highest BCUT2D eigenvalue weighted by molar-refractivity contribution is 5.91. The quantitative estimate of drug-likeness (QED) is 0.794. The van der Waals surface area contributed by atoms with E-state index in [2.05, 4.69) is 15.1 Å². The van der Waals surface area contributed by atoms with E-state index >= 15 is 0 Å². The molecule has 0 radical (unpaired) electrons. The second-order valence-corrected chi connectivity index (χ2v) is 5.18. The van der Waals surface area contributed by atoms with E-state index in [1.54, 1.807) is 31.2 Å². The van der Waals surface area contributed by atoms with Crippen LogP contribution in [0.1, 0.15) is 29.0 Å². The number of hydrogen-bond donors (Lipinski definition) is 1. The molecule has 2 aromatic heterocycles. The monoisotopic (exact) mass is 312 g/mol. The Hall–Kier alpha value is -2.96. The van der Waals surface area contributed by atoms with Gasteiger partial charge in [0.2, 0.25) is 5.76 Å². The predicted octanol–water partition coefficient (Wildman–Crippen LogP) is 1.88. The van der Waals surface area contributed by atoms with Gasteiger partial charge in [-0.05, 0) is 26.0 Å². The fourth-order valence-electron chi connectivity index (χ4n) is 2.34. The first kappa shape index (κ1) is 15.0. The van der Waals surface area contributed by atoms with E-state index in [1.165, 1.54) is 4.90 Å². The molecule has 0 aliphatic rings. The van der Waals surface area contributed by atoms with Gasteiger partial charge in [0.15, 0.2) is 0 Å². The molecular weight excluding hydrogens is 296 g/mol. The Morgan fingerprint density at radius 3 is 2.83 bits per heavy atom. The minimum absolute atomic E-state index is 0.174. The van der Waals surface area contributed by atoms with Crippen molar-refractivity contribution in [3.05, 3.63) is 58.0 Å². The molecule has 0 aliphatic carbocycles. The van der Waals surface area contributed by atoms with Gasteiger partial charge in [-0.25, -0.2) is 4.98 Å². The zero-order valence-corrected chi connectivity index (χ0v) is 12.9. The number of carbonyl (C=O) groups is 1. The molecule has 7 heteroatoms. The van der Waals surface area contributed by atoms with Crippen LogP contribution >= 0.6 is 0 Å². The molecule has 3 rings (SSSR count). The van der Waals surface area contributed by atoms with Gasteiger partial charge >= 0.3 is 0 Å². The molecule has 1 N–H and O–H groups in total. The number of hydrogen-bond acceptors (Lipinski definition) is 5. The van der Waals surface area contributed by atoms with E-state index in [0.29, 0.717) is 29.0 Å². The van der Waals surface area contributed by atoms with Crippen LogP contribution in [0.15, 0.2) is 39.6 Å². The lowest BCUT2D eigenvalue weighted by Gasteiger charge is -2.18. The molecule has 0 unspecified atom stereocenters. The van der Waals surface area contributed by atoms with Crippen molar-refractivity contribution in [3.63, 3.8) is 0 Å². The summed E-state index contributed by atoms with van der Waals surface area (Å²) in [7, 11) is 0. The number of nitrogens with zero attached hydrogens (tertiary/aromatic N) is 3. The van der Waals surface area contributed by atoms with Crippen LogP contribution in [0.5, 0.6) is 0 Å². The second-order valence-electron chi connectivity index (χ2n) is 5.18. The molecule has 0 spiro atoms. The Balaban J connectivity index is 1.90. The lowest BCUT2D eigenvalue weighted by atomic mass is 10.2. The molecule has 0 aliphatic heterocycles. The summed E-state index contributed by atoms with van der Waals surface area (Å²) in [6, 6.07) is 8.67. The summed E-state index contributed by atoms with van der Waals surface area (Å²) in [5.74, 6) is 0.316. The van der Waals surface area contributed by atoms with Gasteiger partial charge in [0.25, 0.3) is 11.5 Å². The second kappa shape index (κ2) is 6.04. The highest BCUT2D eigenvalue weighted by Crippen LogP contribution is 2.11. The van der Waals surface area contributed by atoms with Gasteiger partial charge in [-0.15, -0.1) is 0 Å². The molecule has 1 aromatic carbocycles. The summed E-state index contributed by atoms with van der Waals surface area (Å²) in [5, 5.41) is 4.25. The van der Waals surface area contributed by atoms with Crippen LogP contribution < -0.4 is 5.56 Å². The molecule has 0 bridgehead atoms. The van der Waals surface area contributed by atoms with Gasteiger partial charge in [-0.3, -0.25) is 9.59 Å². The number of amides is 1. The SMILES string of the molecule is CCN(Cc1nc2ccccc2c(=O)[nH]1)C(=O)c1cc(C)no1. The van der Waals surface area contributed by atoms with Crippen molar-refractivity contribution in [1.29, 1.82) is 0 Å². The first-order chi connectivity index (χ1) is 11.1. The summed E-state index contributed by atoms with van der Waals surface area (Å²) in [4.78, 5) is 33.2. The number of aromatic amines is 1. The largest absolute Gasteiger partial charge is 0.351 e. The lowest BCUT2D eigenvalue weighted by Crippen LogP contribution is -2.31. The fourth-order valence-corrected chi connectivity index (χ4v) is 2.34. The maximum Gasteiger partial charge on any atom is 0.292 e. The van der Waals surface area contributed by atoms with Crippen molar-refractivity contribution >= 4 is 16.8 Å². The fraction of sp³-hybridized carbons (Fsp3) is 0.250. The van der Waals surface area contributed by atoms with Gasteiger partial charge in [0.1, 0.15) is 5.82 Å². The topological polar surface area (TPSA) is 92.1 Å². The van der Waals surface area contributed by atoms with Gasteiger partial charge in [-0.1, -0.05) is 17.3 Å². The van der Waals surface area contributed by atoms with Crippen molar-refractivity contribution < 1.29 is 9.32 Å². The molecule has 3 aromatic rings. The summed E-state index contributed by atoms with van der Waals surface area (Å²) in [6.45, 7) is 4.24. The number of para-hydroxylation sites is 1. The van der Waals surface area contributed by atoms with E-state index in [-0.39, 0.29) is 23.8 Å². The van der Waals surface area contributed by atoms with E-state index in [4.69, 9.17) is 4.52 Å². The van der Waals surface area contributed by atoms with Crippen LogP contribution in [-0.4, -0.2) is 32.5 Å². The van der Waals surface area contributed by atoms with Crippen molar-refractivity contribution in [2.24, 2.45) is 0 Å². The first-order valence-corrected chi connectivity index (χ1v) is 7.29. The van der Waals surface area contributed by atoms with Gasteiger partial charge in [-0.2, -0.15) is 0 Å². The minimum Gasteiger partial charge on any atom is -0.351 e. The molecule has 0 atom stereocenters. The number of carbonyl (C=O) groups excluding carboxylic acids is 1. The summed E-state index contributed by atoms with van der Waals surface area (Å²) in [6.07, 6.45) is 0. The molecular formula is C16H16N4O3. The van der Waals surface area contributed by atoms with Crippen LogP contribution in [-0.2, 0) is 6.54 Å². The summed E-state index contributed by atoms with van der Waals surface area (Å²) in [5.41, 5.74) is 1.02. The normalized spacial score (nSPS) is 10.9. The van der Waals surface area contributed by atoms with Crippen LogP contribution in [0.4, 0.5) is 0 Å². The number of benzene rings is 1. The van der Waals surface area contributed by atoms with Crippen LogP contribution in [0.25, 0.3) is 10.9 Å².